The summed E-state index contributed by atoms with van der Waals surface area (Å²) in [6.07, 6.45) is 0.577. The van der Waals surface area contributed by atoms with E-state index in [1.54, 1.807) is 30.3 Å². The van der Waals surface area contributed by atoms with Crippen molar-refractivity contribution in [3.8, 4) is 5.75 Å². The van der Waals surface area contributed by atoms with Crippen molar-refractivity contribution in [1.82, 2.24) is 5.32 Å². The van der Waals surface area contributed by atoms with Crippen molar-refractivity contribution in [2.75, 3.05) is 6.54 Å². The summed E-state index contributed by atoms with van der Waals surface area (Å²) in [6, 6.07) is 18.1. The number of rotatable bonds is 7. The molecule has 1 aromatic heterocycles. The highest BCUT2D eigenvalue weighted by Crippen LogP contribution is 2.22. The Morgan fingerprint density at radius 1 is 1.12 bits per heavy atom. The van der Waals surface area contributed by atoms with E-state index in [9.17, 15) is 9.90 Å². The Labute approximate surface area is 159 Å². The van der Waals surface area contributed by atoms with Gasteiger partial charge in [0.25, 0.3) is 5.91 Å². The summed E-state index contributed by atoms with van der Waals surface area (Å²) in [7, 11) is 0. The molecule has 0 aliphatic rings. The second-order valence-corrected chi connectivity index (χ2v) is 6.47. The van der Waals surface area contributed by atoms with E-state index in [0.717, 1.165) is 10.0 Å². The number of amides is 1. The molecule has 3 aromatic rings. The molecular formula is C20H18BrNO4. The van der Waals surface area contributed by atoms with Crippen LogP contribution in [0.5, 0.6) is 5.75 Å². The van der Waals surface area contributed by atoms with Gasteiger partial charge in [-0.2, -0.15) is 0 Å². The van der Waals surface area contributed by atoms with Gasteiger partial charge in [-0.3, -0.25) is 4.79 Å². The molecule has 0 bridgehead atoms. The second-order valence-electron chi connectivity index (χ2n) is 5.62. The van der Waals surface area contributed by atoms with Crippen LogP contribution >= 0.6 is 15.9 Å². The lowest BCUT2D eigenvalue weighted by Crippen LogP contribution is -2.28. The molecule has 0 fully saturated rings. The average molecular weight is 416 g/mol. The smallest absolute Gasteiger partial charge is 0.255 e. The summed E-state index contributed by atoms with van der Waals surface area (Å²) < 4.78 is 11.9. The maximum atomic E-state index is 12.5. The standard InChI is InChI=1S/C20H18BrNO4/c21-16-8-3-1-6-14(16)13-26-18-9-4-2-7-15(18)20(24)22-12-17(23)19-10-5-11-25-19/h1-11,17,23H,12-13H2,(H,22,24). The lowest BCUT2D eigenvalue weighted by atomic mass is 10.1. The van der Waals surface area contributed by atoms with Crippen molar-refractivity contribution in [2.24, 2.45) is 0 Å². The quantitative estimate of drug-likeness (QED) is 0.609. The number of carbonyl (C=O) groups is 1. The highest BCUT2D eigenvalue weighted by molar-refractivity contribution is 9.10. The molecule has 1 amide bonds. The Kier molecular flexibility index (Phi) is 6.09. The van der Waals surface area contributed by atoms with Crippen molar-refractivity contribution >= 4 is 21.8 Å². The zero-order valence-electron chi connectivity index (χ0n) is 13.9. The molecule has 6 heteroatoms. The number of furan rings is 1. The van der Waals surface area contributed by atoms with E-state index in [1.807, 2.05) is 30.3 Å². The van der Waals surface area contributed by atoms with Crippen molar-refractivity contribution in [3.63, 3.8) is 0 Å². The van der Waals surface area contributed by atoms with Crippen LogP contribution in [0.2, 0.25) is 0 Å². The molecule has 1 atom stereocenters. The van der Waals surface area contributed by atoms with Gasteiger partial charge in [-0.05, 0) is 30.3 Å². The third-order valence-corrected chi connectivity index (χ3v) is 4.57. The molecule has 1 unspecified atom stereocenters. The fourth-order valence-electron chi connectivity index (χ4n) is 2.42. The number of halogens is 1. The molecule has 26 heavy (non-hydrogen) atoms. The zero-order valence-corrected chi connectivity index (χ0v) is 15.5. The van der Waals surface area contributed by atoms with Gasteiger partial charge in [0.2, 0.25) is 0 Å². The fourth-order valence-corrected chi connectivity index (χ4v) is 2.82. The third-order valence-electron chi connectivity index (χ3n) is 3.80. The summed E-state index contributed by atoms with van der Waals surface area (Å²) in [5.74, 6) is 0.565. The van der Waals surface area contributed by atoms with Crippen LogP contribution in [-0.4, -0.2) is 17.6 Å². The van der Waals surface area contributed by atoms with Crippen LogP contribution in [0.25, 0.3) is 0 Å². The van der Waals surface area contributed by atoms with Gasteiger partial charge in [-0.15, -0.1) is 0 Å². The Hall–Kier alpha value is -2.57. The molecule has 3 rings (SSSR count). The first-order chi connectivity index (χ1) is 12.6. The molecule has 2 N–H and O–H groups in total. The lowest BCUT2D eigenvalue weighted by molar-refractivity contribution is 0.0896. The summed E-state index contributed by atoms with van der Waals surface area (Å²) in [4.78, 5) is 12.5. The lowest BCUT2D eigenvalue weighted by Gasteiger charge is -2.13. The number of carbonyl (C=O) groups excluding carboxylic acids is 1. The number of aliphatic hydroxyl groups is 1. The van der Waals surface area contributed by atoms with Gasteiger partial charge in [0.15, 0.2) is 0 Å². The summed E-state index contributed by atoms with van der Waals surface area (Å²) in [5.41, 5.74) is 1.39. The van der Waals surface area contributed by atoms with Gasteiger partial charge in [0, 0.05) is 10.0 Å². The number of ether oxygens (including phenoxy) is 1. The van der Waals surface area contributed by atoms with E-state index in [0.29, 0.717) is 23.7 Å². The summed E-state index contributed by atoms with van der Waals surface area (Å²) in [6.45, 7) is 0.381. The number of para-hydroxylation sites is 1. The van der Waals surface area contributed by atoms with Crippen LogP contribution in [0.3, 0.4) is 0 Å². The minimum absolute atomic E-state index is 0.0465. The topological polar surface area (TPSA) is 71.7 Å². The Bertz CT molecular complexity index is 864. The van der Waals surface area contributed by atoms with Gasteiger partial charge >= 0.3 is 0 Å². The number of hydrogen-bond donors (Lipinski definition) is 2. The maximum Gasteiger partial charge on any atom is 0.255 e. The number of benzene rings is 2. The van der Waals surface area contributed by atoms with E-state index >= 15 is 0 Å². The molecule has 0 radical (unpaired) electrons. The van der Waals surface area contributed by atoms with E-state index in [1.165, 1.54) is 6.26 Å². The van der Waals surface area contributed by atoms with Crippen LogP contribution in [0, 0.1) is 0 Å². The predicted octanol–water partition coefficient (Wildman–Crippen LogP) is 4.08. The number of nitrogens with one attached hydrogen (secondary N) is 1. The highest BCUT2D eigenvalue weighted by Gasteiger charge is 2.16. The molecule has 0 aliphatic heterocycles. The van der Waals surface area contributed by atoms with Crippen molar-refractivity contribution in [2.45, 2.75) is 12.7 Å². The fraction of sp³-hybridized carbons (Fsp3) is 0.150. The van der Waals surface area contributed by atoms with Gasteiger partial charge in [0.05, 0.1) is 18.4 Å². The Morgan fingerprint density at radius 2 is 1.88 bits per heavy atom. The molecule has 0 spiro atoms. The largest absolute Gasteiger partial charge is 0.488 e. The van der Waals surface area contributed by atoms with Crippen LogP contribution in [0.4, 0.5) is 0 Å². The van der Waals surface area contributed by atoms with Crippen LogP contribution in [-0.2, 0) is 6.61 Å². The SMILES string of the molecule is O=C(NCC(O)c1ccco1)c1ccccc1OCc1ccccc1Br. The van der Waals surface area contributed by atoms with Crippen LogP contribution in [0.1, 0.15) is 27.8 Å². The van der Waals surface area contributed by atoms with E-state index in [4.69, 9.17) is 9.15 Å². The third kappa shape index (κ3) is 4.53. The zero-order chi connectivity index (χ0) is 18.4. The Morgan fingerprint density at radius 3 is 2.65 bits per heavy atom. The first kappa shape index (κ1) is 18.2. The predicted molar refractivity (Wildman–Crippen MR) is 101 cm³/mol. The van der Waals surface area contributed by atoms with Gasteiger partial charge in [-0.25, -0.2) is 0 Å². The average Bonchev–Trinajstić information content (AvgIpc) is 3.20. The van der Waals surface area contributed by atoms with Gasteiger partial charge in [-0.1, -0.05) is 46.3 Å². The van der Waals surface area contributed by atoms with Crippen molar-refractivity contribution in [1.29, 1.82) is 0 Å². The van der Waals surface area contributed by atoms with Gasteiger partial charge in [0.1, 0.15) is 24.2 Å². The molecule has 134 valence electrons. The van der Waals surface area contributed by atoms with Crippen LogP contribution < -0.4 is 10.1 Å². The summed E-state index contributed by atoms with van der Waals surface area (Å²) >= 11 is 3.48. The van der Waals surface area contributed by atoms with E-state index in [-0.39, 0.29) is 12.5 Å². The minimum Gasteiger partial charge on any atom is -0.488 e. The molecule has 1 heterocycles. The maximum absolute atomic E-state index is 12.5. The molecule has 0 saturated carbocycles. The van der Waals surface area contributed by atoms with E-state index in [2.05, 4.69) is 21.2 Å². The summed E-state index contributed by atoms with van der Waals surface area (Å²) in [5, 5.41) is 12.7. The molecule has 5 nitrogen and oxygen atoms in total. The monoisotopic (exact) mass is 415 g/mol. The molecule has 2 aromatic carbocycles. The second kappa shape index (κ2) is 8.69. The number of hydrogen-bond acceptors (Lipinski definition) is 4. The van der Waals surface area contributed by atoms with Crippen molar-refractivity contribution < 1.29 is 19.1 Å². The Balaban J connectivity index is 1.64. The molecular weight excluding hydrogens is 398 g/mol. The van der Waals surface area contributed by atoms with Crippen LogP contribution in [0.15, 0.2) is 75.8 Å². The highest BCUT2D eigenvalue weighted by atomic mass is 79.9. The number of aliphatic hydroxyl groups excluding tert-OH is 1. The van der Waals surface area contributed by atoms with Crippen molar-refractivity contribution in [3.05, 3.63) is 88.3 Å². The molecule has 0 saturated heterocycles. The first-order valence-electron chi connectivity index (χ1n) is 8.10. The first-order valence-corrected chi connectivity index (χ1v) is 8.89. The van der Waals surface area contributed by atoms with E-state index < -0.39 is 6.10 Å². The normalized spacial score (nSPS) is 11.8. The minimum atomic E-state index is -0.901. The molecule has 0 aliphatic carbocycles. The van der Waals surface area contributed by atoms with Gasteiger partial charge < -0.3 is 19.6 Å².